The summed E-state index contributed by atoms with van der Waals surface area (Å²) < 4.78 is 0. The molecule has 0 amide bonds. The van der Waals surface area contributed by atoms with Crippen molar-refractivity contribution < 1.29 is 0 Å². The fourth-order valence-electron chi connectivity index (χ4n) is 2.14. The minimum Gasteiger partial charge on any atom is -0.298 e. The molecule has 0 bridgehead atoms. The van der Waals surface area contributed by atoms with Crippen LogP contribution in [0.25, 0.3) is 11.3 Å². The molecule has 0 aliphatic carbocycles. The number of aryl methyl sites for hydroxylation is 1. The molecule has 0 saturated heterocycles. The second-order valence-corrected chi connectivity index (χ2v) is 6.49. The molecule has 0 aliphatic heterocycles. The molecule has 0 atom stereocenters. The average Bonchev–Trinajstić information content (AvgIpc) is 2.54. The third kappa shape index (κ3) is 4.00. The highest BCUT2D eigenvalue weighted by molar-refractivity contribution is 7.98. The van der Waals surface area contributed by atoms with Crippen molar-refractivity contribution in [3.8, 4) is 11.3 Å². The van der Waals surface area contributed by atoms with Crippen molar-refractivity contribution in [1.82, 2.24) is 15.2 Å². The van der Waals surface area contributed by atoms with Gasteiger partial charge in [-0.05, 0) is 24.6 Å². The van der Waals surface area contributed by atoms with Gasteiger partial charge in [0.2, 0.25) is 0 Å². The monoisotopic (exact) mass is 343 g/mol. The summed E-state index contributed by atoms with van der Waals surface area (Å²) in [5, 5.41) is 9.27. The lowest BCUT2D eigenvalue weighted by atomic mass is 10.2. The Morgan fingerprint density at radius 1 is 1.13 bits per heavy atom. The third-order valence-electron chi connectivity index (χ3n) is 3.25. The van der Waals surface area contributed by atoms with Crippen LogP contribution >= 0.6 is 23.4 Å². The first-order chi connectivity index (χ1) is 11.1. The molecule has 2 aromatic carbocycles. The van der Waals surface area contributed by atoms with E-state index < -0.39 is 0 Å². The van der Waals surface area contributed by atoms with E-state index in [4.69, 9.17) is 11.6 Å². The molecule has 0 spiro atoms. The van der Waals surface area contributed by atoms with E-state index >= 15 is 0 Å². The summed E-state index contributed by atoms with van der Waals surface area (Å²) >= 11 is 7.30. The van der Waals surface area contributed by atoms with Gasteiger partial charge in [0.05, 0.1) is 0 Å². The van der Waals surface area contributed by atoms with Crippen LogP contribution in [-0.2, 0) is 5.75 Å². The summed E-state index contributed by atoms with van der Waals surface area (Å²) in [7, 11) is 0. The number of nitrogens with one attached hydrogen (secondary N) is 1. The number of halogens is 1. The van der Waals surface area contributed by atoms with E-state index in [0.29, 0.717) is 21.4 Å². The summed E-state index contributed by atoms with van der Waals surface area (Å²) in [6.45, 7) is 2.05. The molecular weight excluding hydrogens is 330 g/mol. The van der Waals surface area contributed by atoms with Crippen molar-refractivity contribution in [2.24, 2.45) is 0 Å². The summed E-state index contributed by atoms with van der Waals surface area (Å²) in [5.41, 5.74) is 3.12. The van der Waals surface area contributed by atoms with Crippen LogP contribution in [0.15, 0.2) is 58.5 Å². The fourth-order valence-corrected chi connectivity index (χ4v) is 3.01. The number of aromatic nitrogens is 3. The van der Waals surface area contributed by atoms with Gasteiger partial charge in [0.15, 0.2) is 10.9 Å². The molecule has 0 saturated carbocycles. The Morgan fingerprint density at radius 2 is 1.91 bits per heavy atom. The third-order valence-corrected chi connectivity index (χ3v) is 4.44. The maximum Gasteiger partial charge on any atom is 0.278 e. The number of hydrogen-bond acceptors (Lipinski definition) is 4. The van der Waals surface area contributed by atoms with E-state index in [-0.39, 0.29) is 5.56 Å². The van der Waals surface area contributed by atoms with Crippen molar-refractivity contribution in [2.45, 2.75) is 17.8 Å². The number of rotatable bonds is 4. The highest BCUT2D eigenvalue weighted by atomic mass is 35.5. The molecular formula is C17H14ClN3OS. The Bertz CT molecular complexity index is 878. The zero-order chi connectivity index (χ0) is 16.2. The maximum absolute atomic E-state index is 12.2. The topological polar surface area (TPSA) is 58.6 Å². The number of benzene rings is 2. The Kier molecular flexibility index (Phi) is 4.79. The number of hydrogen-bond donors (Lipinski definition) is 1. The van der Waals surface area contributed by atoms with Crippen molar-refractivity contribution in [3.63, 3.8) is 0 Å². The van der Waals surface area contributed by atoms with E-state index in [2.05, 4.69) is 34.2 Å². The Hall–Kier alpha value is -2.11. The van der Waals surface area contributed by atoms with Crippen LogP contribution in [0.5, 0.6) is 0 Å². The summed E-state index contributed by atoms with van der Waals surface area (Å²) in [5.74, 6) is 0.729. The first-order valence-corrected chi connectivity index (χ1v) is 8.39. The lowest BCUT2D eigenvalue weighted by Gasteiger charge is -2.03. The molecule has 1 N–H and O–H groups in total. The first kappa shape index (κ1) is 15.8. The minimum atomic E-state index is -0.255. The zero-order valence-electron chi connectivity index (χ0n) is 12.4. The van der Waals surface area contributed by atoms with Gasteiger partial charge in [0.25, 0.3) is 5.56 Å². The molecule has 3 aromatic rings. The molecule has 0 aliphatic rings. The van der Waals surface area contributed by atoms with E-state index in [1.807, 2.05) is 12.1 Å². The normalized spacial score (nSPS) is 10.7. The Morgan fingerprint density at radius 3 is 2.61 bits per heavy atom. The van der Waals surface area contributed by atoms with Crippen LogP contribution in [-0.4, -0.2) is 15.2 Å². The molecule has 116 valence electrons. The molecule has 0 radical (unpaired) electrons. The van der Waals surface area contributed by atoms with Gasteiger partial charge >= 0.3 is 0 Å². The number of nitrogens with zero attached hydrogens (tertiary/aromatic N) is 2. The van der Waals surface area contributed by atoms with Crippen LogP contribution < -0.4 is 5.56 Å². The zero-order valence-corrected chi connectivity index (χ0v) is 14.0. The standard InChI is InChI=1S/C17H14ClN3OS/c1-11-3-2-4-12(9-11)10-23-17-19-16(22)15(20-21-17)13-5-7-14(18)8-6-13/h2-9H,10H2,1H3,(H,19,21,22). The van der Waals surface area contributed by atoms with Crippen LogP contribution in [0.3, 0.4) is 0 Å². The van der Waals surface area contributed by atoms with Gasteiger partial charge in [-0.25, -0.2) is 0 Å². The van der Waals surface area contributed by atoms with E-state index in [1.165, 1.54) is 22.9 Å². The van der Waals surface area contributed by atoms with Crippen LogP contribution in [0.1, 0.15) is 11.1 Å². The van der Waals surface area contributed by atoms with Gasteiger partial charge in [0, 0.05) is 16.3 Å². The lowest BCUT2D eigenvalue weighted by molar-refractivity contribution is 0.824. The average molecular weight is 344 g/mol. The predicted octanol–water partition coefficient (Wildman–Crippen LogP) is 4.09. The SMILES string of the molecule is Cc1cccc(CSc2nnc(-c3ccc(Cl)cc3)c(=O)[nH]2)c1. The molecule has 1 aromatic heterocycles. The van der Waals surface area contributed by atoms with Crippen LogP contribution in [0, 0.1) is 6.92 Å². The fraction of sp³-hybridized carbons (Fsp3) is 0.118. The van der Waals surface area contributed by atoms with Gasteiger partial charge in [0.1, 0.15) is 0 Å². The highest BCUT2D eigenvalue weighted by Gasteiger charge is 2.08. The van der Waals surface area contributed by atoms with Crippen molar-refractivity contribution in [1.29, 1.82) is 0 Å². The number of aromatic amines is 1. The van der Waals surface area contributed by atoms with Crippen molar-refractivity contribution >= 4 is 23.4 Å². The van der Waals surface area contributed by atoms with Gasteiger partial charge in [-0.3, -0.25) is 9.78 Å². The molecule has 6 heteroatoms. The van der Waals surface area contributed by atoms with Crippen LogP contribution in [0.2, 0.25) is 5.02 Å². The maximum atomic E-state index is 12.2. The number of H-pyrrole nitrogens is 1. The van der Waals surface area contributed by atoms with E-state index in [1.54, 1.807) is 24.3 Å². The summed E-state index contributed by atoms with van der Waals surface area (Å²) in [4.78, 5) is 15.0. The van der Waals surface area contributed by atoms with E-state index in [0.717, 1.165) is 5.75 Å². The van der Waals surface area contributed by atoms with Crippen molar-refractivity contribution in [3.05, 3.63) is 75.0 Å². The first-order valence-electron chi connectivity index (χ1n) is 7.03. The van der Waals surface area contributed by atoms with Gasteiger partial charge in [-0.2, -0.15) is 0 Å². The lowest BCUT2D eigenvalue weighted by Crippen LogP contribution is -2.14. The Labute approximate surface area is 142 Å². The predicted molar refractivity (Wildman–Crippen MR) is 93.8 cm³/mol. The molecule has 23 heavy (non-hydrogen) atoms. The molecule has 4 nitrogen and oxygen atoms in total. The van der Waals surface area contributed by atoms with Gasteiger partial charge in [-0.1, -0.05) is 65.3 Å². The second kappa shape index (κ2) is 6.98. The quantitative estimate of drug-likeness (QED) is 0.725. The minimum absolute atomic E-state index is 0.255. The molecule has 0 unspecified atom stereocenters. The van der Waals surface area contributed by atoms with E-state index in [9.17, 15) is 4.79 Å². The largest absolute Gasteiger partial charge is 0.298 e. The smallest absolute Gasteiger partial charge is 0.278 e. The Balaban J connectivity index is 1.77. The molecule has 0 fully saturated rings. The van der Waals surface area contributed by atoms with Gasteiger partial charge in [-0.15, -0.1) is 10.2 Å². The number of thioether (sulfide) groups is 1. The summed E-state index contributed by atoms with van der Waals surface area (Å²) in [6.07, 6.45) is 0. The molecule has 3 rings (SSSR count). The summed E-state index contributed by atoms with van der Waals surface area (Å²) in [6, 6.07) is 15.2. The van der Waals surface area contributed by atoms with Crippen molar-refractivity contribution in [2.75, 3.05) is 0 Å². The highest BCUT2D eigenvalue weighted by Crippen LogP contribution is 2.20. The van der Waals surface area contributed by atoms with Crippen LogP contribution in [0.4, 0.5) is 0 Å². The van der Waals surface area contributed by atoms with Gasteiger partial charge < -0.3 is 0 Å². The second-order valence-electron chi connectivity index (χ2n) is 5.09. The molecule has 1 heterocycles.